The summed E-state index contributed by atoms with van der Waals surface area (Å²) in [7, 11) is 2.95. The van der Waals surface area contributed by atoms with Gasteiger partial charge in [-0.25, -0.2) is 4.79 Å². The van der Waals surface area contributed by atoms with E-state index in [1.54, 1.807) is 7.11 Å². The van der Waals surface area contributed by atoms with Gasteiger partial charge in [0.05, 0.1) is 19.8 Å². The third-order valence-electron chi connectivity index (χ3n) is 2.44. The van der Waals surface area contributed by atoms with Gasteiger partial charge < -0.3 is 9.47 Å². The minimum atomic E-state index is -0.362. The van der Waals surface area contributed by atoms with Crippen LogP contribution in [-0.2, 0) is 14.3 Å². The molecule has 0 saturated heterocycles. The van der Waals surface area contributed by atoms with Gasteiger partial charge in [-0.05, 0) is 18.4 Å². The number of rotatable bonds is 4. The first-order valence-electron chi connectivity index (χ1n) is 5.63. The fraction of sp³-hybridized carbons (Fsp3) is 0.357. The summed E-state index contributed by atoms with van der Waals surface area (Å²) in [4.78, 5) is 11.7. The summed E-state index contributed by atoms with van der Waals surface area (Å²) in [6, 6.07) is 0. The number of ether oxygens (including phenoxy) is 2. The number of carbonyl (C=O) groups excluding carboxylic acids is 1. The minimum absolute atomic E-state index is 0.362. The molecule has 3 nitrogen and oxygen atoms in total. The van der Waals surface area contributed by atoms with Crippen LogP contribution in [0.5, 0.6) is 0 Å². The Kier molecular flexibility index (Phi) is 5.27. The van der Waals surface area contributed by atoms with Gasteiger partial charge in [0.2, 0.25) is 0 Å². The highest BCUT2D eigenvalue weighted by Gasteiger charge is 2.18. The molecule has 1 aliphatic carbocycles. The van der Waals surface area contributed by atoms with Crippen LogP contribution in [0.3, 0.4) is 0 Å². The maximum atomic E-state index is 11.7. The molecular formula is C14H18O3. The zero-order valence-corrected chi connectivity index (χ0v) is 10.5. The zero-order chi connectivity index (χ0) is 12.7. The molecule has 0 fully saturated rings. The molecule has 0 bridgehead atoms. The summed E-state index contributed by atoms with van der Waals surface area (Å²) in [5, 5.41) is 0. The lowest BCUT2D eigenvalue weighted by atomic mass is 10.0. The summed E-state index contributed by atoms with van der Waals surface area (Å²) in [6.45, 7) is 1.97. The molecule has 0 atom stereocenters. The number of esters is 1. The smallest absolute Gasteiger partial charge is 0.341 e. The van der Waals surface area contributed by atoms with E-state index in [0.717, 1.165) is 18.4 Å². The normalized spacial score (nSPS) is 17.9. The highest BCUT2D eigenvalue weighted by molar-refractivity contribution is 5.93. The van der Waals surface area contributed by atoms with Crippen LogP contribution in [-0.4, -0.2) is 20.2 Å². The van der Waals surface area contributed by atoms with Crippen LogP contribution < -0.4 is 0 Å². The Morgan fingerprint density at radius 1 is 1.35 bits per heavy atom. The molecule has 1 aliphatic rings. The average molecular weight is 234 g/mol. The monoisotopic (exact) mass is 234 g/mol. The van der Waals surface area contributed by atoms with Crippen LogP contribution in [0.15, 0.2) is 47.3 Å². The molecule has 0 aromatic carbocycles. The molecule has 1 rings (SSSR count). The molecule has 92 valence electrons. The van der Waals surface area contributed by atoms with Gasteiger partial charge in [-0.1, -0.05) is 37.3 Å². The van der Waals surface area contributed by atoms with Gasteiger partial charge >= 0.3 is 5.97 Å². The van der Waals surface area contributed by atoms with E-state index in [1.165, 1.54) is 7.11 Å². The van der Waals surface area contributed by atoms with E-state index in [-0.39, 0.29) is 5.97 Å². The number of methoxy groups -OCH3 is 2. The van der Waals surface area contributed by atoms with E-state index < -0.39 is 0 Å². The summed E-state index contributed by atoms with van der Waals surface area (Å²) in [5.74, 6) is 0.235. The molecule has 0 aromatic heterocycles. The lowest BCUT2D eigenvalue weighted by Gasteiger charge is -2.14. The van der Waals surface area contributed by atoms with Gasteiger partial charge in [0.1, 0.15) is 5.76 Å². The zero-order valence-electron chi connectivity index (χ0n) is 10.5. The third kappa shape index (κ3) is 3.34. The summed E-state index contributed by atoms with van der Waals surface area (Å²) in [6.07, 6.45) is 11.2. The van der Waals surface area contributed by atoms with Crippen molar-refractivity contribution >= 4 is 5.97 Å². The summed E-state index contributed by atoms with van der Waals surface area (Å²) < 4.78 is 10.1. The number of allylic oxidation sites excluding steroid dienone is 6. The van der Waals surface area contributed by atoms with Crippen molar-refractivity contribution in [3.63, 3.8) is 0 Å². The third-order valence-corrected chi connectivity index (χ3v) is 2.44. The molecule has 0 radical (unpaired) electrons. The Labute approximate surface area is 102 Å². The average Bonchev–Trinajstić information content (AvgIpc) is 2.39. The minimum Gasteiger partial charge on any atom is -0.496 e. The molecule has 0 amide bonds. The predicted octanol–water partition coefficient (Wildman–Crippen LogP) is 2.91. The number of carbonyl (C=O) groups is 1. The van der Waals surface area contributed by atoms with Crippen molar-refractivity contribution in [2.24, 2.45) is 0 Å². The molecular weight excluding hydrogens is 216 g/mol. The Bertz CT molecular complexity index is 398. The van der Waals surface area contributed by atoms with Crippen molar-refractivity contribution in [3.05, 3.63) is 47.3 Å². The van der Waals surface area contributed by atoms with Crippen molar-refractivity contribution in [2.75, 3.05) is 14.2 Å². The topological polar surface area (TPSA) is 35.5 Å². The van der Waals surface area contributed by atoms with Gasteiger partial charge in [0, 0.05) is 0 Å². The Balaban J connectivity index is 3.14. The highest BCUT2D eigenvalue weighted by Crippen LogP contribution is 2.23. The fourth-order valence-electron chi connectivity index (χ4n) is 1.68. The maximum Gasteiger partial charge on any atom is 0.341 e. The second-order valence-corrected chi connectivity index (χ2v) is 3.57. The van der Waals surface area contributed by atoms with Crippen LogP contribution in [0.25, 0.3) is 0 Å². The van der Waals surface area contributed by atoms with Gasteiger partial charge in [-0.15, -0.1) is 0 Å². The van der Waals surface area contributed by atoms with E-state index in [4.69, 9.17) is 9.47 Å². The largest absolute Gasteiger partial charge is 0.496 e. The fourth-order valence-corrected chi connectivity index (χ4v) is 1.68. The van der Waals surface area contributed by atoms with Crippen molar-refractivity contribution in [1.29, 1.82) is 0 Å². The second kappa shape index (κ2) is 6.74. The van der Waals surface area contributed by atoms with E-state index in [1.807, 2.05) is 37.3 Å². The van der Waals surface area contributed by atoms with Crippen molar-refractivity contribution < 1.29 is 14.3 Å². The van der Waals surface area contributed by atoms with Gasteiger partial charge in [0.15, 0.2) is 0 Å². The Hall–Kier alpha value is -1.77. The van der Waals surface area contributed by atoms with Crippen LogP contribution >= 0.6 is 0 Å². The maximum absolute atomic E-state index is 11.7. The first kappa shape index (κ1) is 13.3. The Morgan fingerprint density at radius 3 is 2.59 bits per heavy atom. The van der Waals surface area contributed by atoms with Crippen molar-refractivity contribution in [1.82, 2.24) is 0 Å². The van der Waals surface area contributed by atoms with Crippen LogP contribution in [0.2, 0.25) is 0 Å². The van der Waals surface area contributed by atoms with Gasteiger partial charge in [0.25, 0.3) is 0 Å². The van der Waals surface area contributed by atoms with Gasteiger partial charge in [-0.2, -0.15) is 0 Å². The first-order chi connectivity index (χ1) is 8.24. The second-order valence-electron chi connectivity index (χ2n) is 3.57. The van der Waals surface area contributed by atoms with Crippen molar-refractivity contribution in [2.45, 2.75) is 19.8 Å². The quantitative estimate of drug-likeness (QED) is 0.426. The van der Waals surface area contributed by atoms with E-state index in [9.17, 15) is 4.79 Å². The highest BCUT2D eigenvalue weighted by atomic mass is 16.5. The molecule has 0 saturated carbocycles. The summed E-state index contributed by atoms with van der Waals surface area (Å²) >= 11 is 0. The molecule has 0 N–H and O–H groups in total. The molecule has 0 aromatic rings. The predicted molar refractivity (Wildman–Crippen MR) is 67.3 cm³/mol. The lowest BCUT2D eigenvalue weighted by molar-refractivity contribution is -0.136. The van der Waals surface area contributed by atoms with Gasteiger partial charge in [-0.3, -0.25) is 0 Å². The van der Waals surface area contributed by atoms with E-state index in [0.29, 0.717) is 11.3 Å². The molecule has 3 heteroatoms. The van der Waals surface area contributed by atoms with Crippen LogP contribution in [0.4, 0.5) is 0 Å². The van der Waals surface area contributed by atoms with E-state index in [2.05, 4.69) is 0 Å². The standard InChI is InChI=1S/C14H18O3/c1-4-8-12(14(15)17-3)13(16-2)11-9-6-5-7-10-11/h5-9H,4,10H2,1-3H3/b12-8+,13-11+. The molecule has 0 heterocycles. The van der Waals surface area contributed by atoms with Crippen LogP contribution in [0, 0.1) is 0 Å². The molecule has 0 unspecified atom stereocenters. The van der Waals surface area contributed by atoms with E-state index >= 15 is 0 Å². The van der Waals surface area contributed by atoms with Crippen LogP contribution in [0.1, 0.15) is 19.8 Å². The first-order valence-corrected chi connectivity index (χ1v) is 5.63. The molecule has 0 aliphatic heterocycles. The number of hydrogen-bond donors (Lipinski definition) is 0. The molecule has 0 spiro atoms. The molecule has 17 heavy (non-hydrogen) atoms. The number of hydrogen-bond acceptors (Lipinski definition) is 3. The lowest BCUT2D eigenvalue weighted by Crippen LogP contribution is -2.10. The Morgan fingerprint density at radius 2 is 2.12 bits per heavy atom. The SMILES string of the molecule is CC/C=C(C(=O)OC)\C(OC)=C1\C=CC=CC1. The van der Waals surface area contributed by atoms with Crippen molar-refractivity contribution in [3.8, 4) is 0 Å². The summed E-state index contributed by atoms with van der Waals surface area (Å²) in [5.41, 5.74) is 1.48.